The van der Waals surface area contributed by atoms with Crippen LogP contribution in [-0.4, -0.2) is 17.8 Å². The summed E-state index contributed by atoms with van der Waals surface area (Å²) < 4.78 is 4.66. The predicted molar refractivity (Wildman–Crippen MR) is 60.8 cm³/mol. The Morgan fingerprint density at radius 2 is 2.12 bits per heavy atom. The number of amides is 1. The number of aliphatic hydroxyl groups is 1. The Morgan fingerprint density at radius 3 is 2.69 bits per heavy atom. The summed E-state index contributed by atoms with van der Waals surface area (Å²) in [7, 11) is 0. The van der Waals surface area contributed by atoms with Gasteiger partial charge in [-0.15, -0.1) is 0 Å². The minimum Gasteiger partial charge on any atom is -0.449 e. The van der Waals surface area contributed by atoms with Gasteiger partial charge in [-0.25, -0.2) is 4.79 Å². The molecule has 1 aromatic rings. The van der Waals surface area contributed by atoms with Gasteiger partial charge in [0.2, 0.25) is 0 Å². The molecule has 0 saturated heterocycles. The smallest absolute Gasteiger partial charge is 0.404 e. The molecule has 3 N–H and O–H groups in total. The molecule has 2 atom stereocenters. The molecule has 0 heterocycles. The Balaban J connectivity index is 2.66. The quantitative estimate of drug-likeness (QED) is 0.816. The number of hydrogen-bond acceptors (Lipinski definition) is 3. The van der Waals surface area contributed by atoms with Crippen LogP contribution in [0.25, 0.3) is 0 Å². The predicted octanol–water partition coefficient (Wildman–Crippen LogP) is 1.76. The lowest BCUT2D eigenvalue weighted by Crippen LogP contribution is -2.21. The molecule has 0 aliphatic rings. The van der Waals surface area contributed by atoms with E-state index in [1.54, 1.807) is 6.92 Å². The average Bonchev–Trinajstić information content (AvgIpc) is 2.25. The van der Waals surface area contributed by atoms with E-state index in [1.165, 1.54) is 0 Å². The normalized spacial score (nSPS) is 14.2. The summed E-state index contributed by atoms with van der Waals surface area (Å²) in [6.07, 6.45) is -1.47. The number of hydrogen-bond donors (Lipinski definition) is 2. The van der Waals surface area contributed by atoms with Crippen LogP contribution < -0.4 is 5.73 Å². The van der Waals surface area contributed by atoms with Gasteiger partial charge in [-0.2, -0.15) is 0 Å². The zero-order valence-corrected chi connectivity index (χ0v) is 9.51. The molecule has 0 spiro atoms. The molecule has 0 aliphatic carbocycles. The lowest BCUT2D eigenvalue weighted by atomic mass is 9.95. The summed E-state index contributed by atoms with van der Waals surface area (Å²) in [5, 5.41) is 10.1. The van der Waals surface area contributed by atoms with Gasteiger partial charge in [0, 0.05) is 5.92 Å². The number of aryl methyl sites for hydroxylation is 1. The first-order chi connectivity index (χ1) is 7.52. The fourth-order valence-electron chi connectivity index (χ4n) is 1.53. The number of carbonyl (C=O) groups is 1. The van der Waals surface area contributed by atoms with Gasteiger partial charge in [0.05, 0.1) is 12.7 Å². The van der Waals surface area contributed by atoms with E-state index in [9.17, 15) is 9.90 Å². The Morgan fingerprint density at radius 1 is 1.50 bits per heavy atom. The summed E-state index contributed by atoms with van der Waals surface area (Å²) in [6.45, 7) is 3.85. The zero-order valence-electron chi connectivity index (χ0n) is 9.51. The van der Waals surface area contributed by atoms with Gasteiger partial charge < -0.3 is 15.6 Å². The van der Waals surface area contributed by atoms with Crippen molar-refractivity contribution in [1.82, 2.24) is 0 Å². The highest BCUT2D eigenvalue weighted by Gasteiger charge is 2.18. The molecule has 0 radical (unpaired) electrons. The molecule has 0 fully saturated rings. The first kappa shape index (κ1) is 12.5. The Bertz CT molecular complexity index is 365. The van der Waals surface area contributed by atoms with Gasteiger partial charge in [-0.3, -0.25) is 0 Å². The first-order valence-electron chi connectivity index (χ1n) is 5.18. The van der Waals surface area contributed by atoms with Crippen LogP contribution in [0.15, 0.2) is 24.3 Å². The first-order valence-corrected chi connectivity index (χ1v) is 5.18. The van der Waals surface area contributed by atoms with E-state index in [0.717, 1.165) is 11.1 Å². The topological polar surface area (TPSA) is 72.6 Å². The van der Waals surface area contributed by atoms with Crippen molar-refractivity contribution in [2.24, 2.45) is 11.7 Å². The van der Waals surface area contributed by atoms with E-state index in [-0.39, 0.29) is 12.5 Å². The van der Waals surface area contributed by atoms with Gasteiger partial charge in [0.25, 0.3) is 0 Å². The standard InChI is InChI=1S/C12H17NO3/c1-8-5-3-4-6-10(8)11(14)9(2)7-16-12(13)15/h3-6,9,11,14H,7H2,1-2H3,(H2,13,15)/t9?,11-/m1/s1. The number of nitrogens with two attached hydrogens (primary N) is 1. The van der Waals surface area contributed by atoms with Crippen molar-refractivity contribution in [1.29, 1.82) is 0 Å². The van der Waals surface area contributed by atoms with Crippen LogP contribution in [0.4, 0.5) is 4.79 Å². The maximum Gasteiger partial charge on any atom is 0.404 e. The molecular weight excluding hydrogens is 206 g/mol. The van der Waals surface area contributed by atoms with E-state index >= 15 is 0 Å². The minimum absolute atomic E-state index is 0.116. The summed E-state index contributed by atoms with van der Waals surface area (Å²) in [4.78, 5) is 10.4. The molecule has 0 saturated carbocycles. The van der Waals surface area contributed by atoms with Crippen LogP contribution >= 0.6 is 0 Å². The van der Waals surface area contributed by atoms with Crippen molar-refractivity contribution in [3.63, 3.8) is 0 Å². The van der Waals surface area contributed by atoms with Crippen LogP contribution in [0, 0.1) is 12.8 Å². The van der Waals surface area contributed by atoms with Crippen molar-refractivity contribution >= 4 is 6.09 Å². The molecule has 1 rings (SSSR count). The van der Waals surface area contributed by atoms with Crippen LogP contribution in [0.2, 0.25) is 0 Å². The van der Waals surface area contributed by atoms with Gasteiger partial charge >= 0.3 is 6.09 Å². The van der Waals surface area contributed by atoms with Crippen molar-refractivity contribution < 1.29 is 14.6 Å². The largest absolute Gasteiger partial charge is 0.449 e. The second kappa shape index (κ2) is 5.51. The third-order valence-electron chi connectivity index (χ3n) is 2.53. The second-order valence-corrected chi connectivity index (χ2v) is 3.91. The highest BCUT2D eigenvalue weighted by Crippen LogP contribution is 2.24. The monoisotopic (exact) mass is 223 g/mol. The summed E-state index contributed by atoms with van der Waals surface area (Å²) >= 11 is 0. The van der Waals surface area contributed by atoms with E-state index in [2.05, 4.69) is 4.74 Å². The molecular formula is C12H17NO3. The van der Waals surface area contributed by atoms with Gasteiger partial charge in [0.1, 0.15) is 0 Å². The summed E-state index contributed by atoms with van der Waals surface area (Å²) in [5.41, 5.74) is 6.73. The van der Waals surface area contributed by atoms with Crippen molar-refractivity contribution in [3.8, 4) is 0 Å². The maximum absolute atomic E-state index is 10.4. The number of aliphatic hydroxyl groups excluding tert-OH is 1. The van der Waals surface area contributed by atoms with E-state index in [4.69, 9.17) is 5.73 Å². The average molecular weight is 223 g/mol. The lowest BCUT2D eigenvalue weighted by Gasteiger charge is -2.20. The SMILES string of the molecule is Cc1ccccc1[C@H](O)C(C)COC(N)=O. The van der Waals surface area contributed by atoms with Gasteiger partial charge in [0.15, 0.2) is 0 Å². The number of ether oxygens (including phenoxy) is 1. The molecule has 0 bridgehead atoms. The molecule has 0 aliphatic heterocycles. The molecule has 1 unspecified atom stereocenters. The highest BCUT2D eigenvalue weighted by atomic mass is 16.5. The minimum atomic E-state index is -0.816. The fraction of sp³-hybridized carbons (Fsp3) is 0.417. The van der Waals surface area contributed by atoms with Crippen LogP contribution in [0.3, 0.4) is 0 Å². The van der Waals surface area contributed by atoms with E-state index in [1.807, 2.05) is 31.2 Å². The van der Waals surface area contributed by atoms with Gasteiger partial charge in [-0.1, -0.05) is 31.2 Å². The third-order valence-corrected chi connectivity index (χ3v) is 2.53. The van der Waals surface area contributed by atoms with Gasteiger partial charge in [-0.05, 0) is 18.1 Å². The number of benzene rings is 1. The maximum atomic E-state index is 10.4. The van der Waals surface area contributed by atoms with E-state index < -0.39 is 12.2 Å². The van der Waals surface area contributed by atoms with Crippen molar-refractivity contribution in [2.45, 2.75) is 20.0 Å². The Labute approximate surface area is 95.0 Å². The van der Waals surface area contributed by atoms with Crippen LogP contribution in [0.5, 0.6) is 0 Å². The number of rotatable bonds is 4. The third kappa shape index (κ3) is 3.24. The molecule has 4 nitrogen and oxygen atoms in total. The highest BCUT2D eigenvalue weighted by molar-refractivity contribution is 5.64. The zero-order chi connectivity index (χ0) is 12.1. The van der Waals surface area contributed by atoms with Crippen LogP contribution in [-0.2, 0) is 4.74 Å². The molecule has 1 amide bonds. The molecule has 88 valence electrons. The fourth-order valence-corrected chi connectivity index (χ4v) is 1.53. The number of primary amides is 1. The van der Waals surface area contributed by atoms with Crippen molar-refractivity contribution in [3.05, 3.63) is 35.4 Å². The molecule has 16 heavy (non-hydrogen) atoms. The Hall–Kier alpha value is -1.55. The Kier molecular flexibility index (Phi) is 4.31. The molecule has 4 heteroatoms. The molecule has 1 aromatic carbocycles. The second-order valence-electron chi connectivity index (χ2n) is 3.91. The number of carbonyl (C=O) groups excluding carboxylic acids is 1. The summed E-state index contributed by atoms with van der Waals surface area (Å²) in [5.74, 6) is -0.186. The molecule has 0 aromatic heterocycles. The van der Waals surface area contributed by atoms with Crippen LogP contribution in [0.1, 0.15) is 24.2 Å². The van der Waals surface area contributed by atoms with E-state index in [0.29, 0.717) is 0 Å². The lowest BCUT2D eigenvalue weighted by molar-refractivity contribution is 0.0638. The van der Waals surface area contributed by atoms with Crippen molar-refractivity contribution in [2.75, 3.05) is 6.61 Å². The summed E-state index contributed by atoms with van der Waals surface area (Å²) in [6, 6.07) is 7.57.